The first-order chi connectivity index (χ1) is 11.9. The van der Waals surface area contributed by atoms with Gasteiger partial charge in [0.1, 0.15) is 11.8 Å². The van der Waals surface area contributed by atoms with Crippen molar-refractivity contribution in [3.8, 4) is 0 Å². The molecule has 0 saturated carbocycles. The van der Waals surface area contributed by atoms with Crippen molar-refractivity contribution in [2.45, 2.75) is 24.4 Å². The molecule has 8 nitrogen and oxygen atoms in total. The van der Waals surface area contributed by atoms with Gasteiger partial charge in [-0.05, 0) is 31.2 Å². The molecule has 0 radical (unpaired) electrons. The quantitative estimate of drug-likeness (QED) is 0.668. The number of benzene rings is 1. The zero-order valence-corrected chi connectivity index (χ0v) is 14.3. The summed E-state index contributed by atoms with van der Waals surface area (Å²) >= 11 is 0. The van der Waals surface area contributed by atoms with Crippen LogP contribution in [0.5, 0.6) is 0 Å². The predicted molar refractivity (Wildman–Crippen MR) is 87.7 cm³/mol. The molecule has 1 heterocycles. The topological polar surface area (TPSA) is 115 Å². The van der Waals surface area contributed by atoms with Gasteiger partial charge in [0.05, 0.1) is 17.7 Å². The molecular weight excluding hydrogens is 348 g/mol. The molecule has 25 heavy (non-hydrogen) atoms. The van der Waals surface area contributed by atoms with Crippen molar-refractivity contribution in [1.29, 1.82) is 0 Å². The molecule has 1 unspecified atom stereocenters. The van der Waals surface area contributed by atoms with Crippen LogP contribution in [-0.2, 0) is 30.9 Å². The molecule has 2 rings (SSSR count). The highest BCUT2D eigenvalue weighted by atomic mass is 32.2. The summed E-state index contributed by atoms with van der Waals surface area (Å²) in [5, 5.41) is 2.50. The molecule has 0 aliphatic carbocycles. The van der Waals surface area contributed by atoms with Gasteiger partial charge in [0, 0.05) is 0 Å². The van der Waals surface area contributed by atoms with Crippen LogP contribution in [0.25, 0.3) is 0 Å². The van der Waals surface area contributed by atoms with Crippen LogP contribution < -0.4 is 10.0 Å². The molecule has 1 aromatic heterocycles. The molecule has 0 spiro atoms. The molecule has 2 N–H and O–H groups in total. The van der Waals surface area contributed by atoms with Crippen LogP contribution in [0.3, 0.4) is 0 Å². The molecule has 1 atom stereocenters. The molecule has 0 saturated heterocycles. The van der Waals surface area contributed by atoms with E-state index in [0.717, 1.165) is 0 Å². The Morgan fingerprint density at radius 1 is 1.16 bits per heavy atom. The molecular formula is C16H18N2O6S. The number of ether oxygens (including phenoxy) is 1. The van der Waals surface area contributed by atoms with E-state index in [0.29, 0.717) is 5.76 Å². The summed E-state index contributed by atoms with van der Waals surface area (Å²) in [6.45, 7) is 0.986. The number of carbonyl (C=O) groups is 2. The van der Waals surface area contributed by atoms with Crippen molar-refractivity contribution in [2.24, 2.45) is 0 Å². The Morgan fingerprint density at radius 2 is 1.88 bits per heavy atom. The Kier molecular flexibility index (Phi) is 6.31. The van der Waals surface area contributed by atoms with E-state index in [2.05, 4.69) is 10.0 Å². The first-order valence-electron chi connectivity index (χ1n) is 7.41. The number of carbonyl (C=O) groups excluding carboxylic acids is 2. The summed E-state index contributed by atoms with van der Waals surface area (Å²) in [6.07, 6.45) is 1.47. The lowest BCUT2D eigenvalue weighted by Crippen LogP contribution is -2.40. The van der Waals surface area contributed by atoms with Crippen molar-refractivity contribution in [1.82, 2.24) is 10.0 Å². The third-order valence-electron chi connectivity index (χ3n) is 3.12. The largest absolute Gasteiger partial charge is 0.467 e. The summed E-state index contributed by atoms with van der Waals surface area (Å²) in [4.78, 5) is 23.5. The maximum Gasteiger partial charge on any atom is 0.324 e. The summed E-state index contributed by atoms with van der Waals surface area (Å²) in [5.74, 6) is -0.820. The number of sulfonamides is 1. The molecule has 0 fully saturated rings. The molecule has 0 aliphatic heterocycles. The predicted octanol–water partition coefficient (Wildman–Crippen LogP) is 0.806. The van der Waals surface area contributed by atoms with Crippen molar-refractivity contribution in [2.75, 3.05) is 6.61 Å². The molecule has 2 aromatic rings. The van der Waals surface area contributed by atoms with Crippen LogP contribution >= 0.6 is 0 Å². The average molecular weight is 366 g/mol. The second-order valence-electron chi connectivity index (χ2n) is 5.12. The van der Waals surface area contributed by atoms with E-state index in [9.17, 15) is 18.0 Å². The highest BCUT2D eigenvalue weighted by molar-refractivity contribution is 7.89. The van der Waals surface area contributed by atoms with Crippen LogP contribution in [0.1, 0.15) is 12.7 Å². The van der Waals surface area contributed by atoms with Gasteiger partial charge in [-0.2, -0.15) is 4.72 Å². The highest BCUT2D eigenvalue weighted by Gasteiger charge is 2.23. The number of hydrogen-bond acceptors (Lipinski definition) is 6. The van der Waals surface area contributed by atoms with E-state index in [1.807, 2.05) is 0 Å². The second kappa shape index (κ2) is 8.45. The van der Waals surface area contributed by atoms with Gasteiger partial charge in [0.25, 0.3) is 5.91 Å². The maximum atomic E-state index is 12.1. The number of furan rings is 1. The Hall–Kier alpha value is -2.65. The van der Waals surface area contributed by atoms with Crippen LogP contribution in [0.4, 0.5) is 0 Å². The first-order valence-corrected chi connectivity index (χ1v) is 8.90. The van der Waals surface area contributed by atoms with Gasteiger partial charge >= 0.3 is 5.97 Å². The van der Waals surface area contributed by atoms with Crippen LogP contribution in [0.15, 0.2) is 58.0 Å². The zero-order chi connectivity index (χ0) is 18.3. The summed E-state index contributed by atoms with van der Waals surface area (Å²) in [5.41, 5.74) is 0. The molecule has 9 heteroatoms. The third kappa shape index (κ3) is 5.73. The fraction of sp³-hybridized carbons (Fsp3) is 0.250. The number of hydrogen-bond donors (Lipinski definition) is 2. The zero-order valence-electron chi connectivity index (χ0n) is 13.5. The molecule has 134 valence electrons. The fourth-order valence-corrected chi connectivity index (χ4v) is 3.07. The summed E-state index contributed by atoms with van der Waals surface area (Å²) in [7, 11) is -3.85. The van der Waals surface area contributed by atoms with Crippen molar-refractivity contribution in [3.05, 3.63) is 54.5 Å². The maximum absolute atomic E-state index is 12.1. The average Bonchev–Trinajstić information content (AvgIpc) is 3.11. The van der Waals surface area contributed by atoms with Crippen LogP contribution in [-0.4, -0.2) is 32.9 Å². The lowest BCUT2D eigenvalue weighted by molar-refractivity contribution is -0.149. The smallest absolute Gasteiger partial charge is 0.324 e. The first kappa shape index (κ1) is 18.7. The second-order valence-corrected chi connectivity index (χ2v) is 6.83. The normalized spacial score (nSPS) is 12.4. The molecule has 0 bridgehead atoms. The molecule has 0 aliphatic rings. The Labute approximate surface area is 145 Å². The van der Waals surface area contributed by atoms with Gasteiger partial charge in [-0.25, -0.2) is 8.42 Å². The third-order valence-corrected chi connectivity index (χ3v) is 4.68. The van der Waals surface area contributed by atoms with Crippen LogP contribution in [0.2, 0.25) is 0 Å². The number of amides is 1. The van der Waals surface area contributed by atoms with Gasteiger partial charge in [0.2, 0.25) is 10.0 Å². The van der Waals surface area contributed by atoms with E-state index in [4.69, 9.17) is 9.15 Å². The van der Waals surface area contributed by atoms with E-state index in [-0.39, 0.29) is 11.4 Å². The van der Waals surface area contributed by atoms with E-state index in [1.165, 1.54) is 25.3 Å². The van der Waals surface area contributed by atoms with E-state index < -0.39 is 34.5 Å². The van der Waals surface area contributed by atoms with Gasteiger partial charge < -0.3 is 14.5 Å². The van der Waals surface area contributed by atoms with Gasteiger partial charge in [-0.15, -0.1) is 0 Å². The van der Waals surface area contributed by atoms with E-state index >= 15 is 0 Å². The van der Waals surface area contributed by atoms with Crippen molar-refractivity contribution >= 4 is 21.9 Å². The van der Waals surface area contributed by atoms with Gasteiger partial charge in [-0.3, -0.25) is 9.59 Å². The Bertz CT molecular complexity index is 802. The number of rotatable bonds is 8. The minimum Gasteiger partial charge on any atom is -0.467 e. The summed E-state index contributed by atoms with van der Waals surface area (Å²) < 4.78 is 36.3. The lowest BCUT2D eigenvalue weighted by Gasteiger charge is -2.13. The number of nitrogens with one attached hydrogen (secondary N) is 2. The van der Waals surface area contributed by atoms with Gasteiger partial charge in [-0.1, -0.05) is 18.2 Å². The standard InChI is InChI=1S/C16H18N2O6S/c1-12(18-25(21,22)14-7-3-2-4-8-14)16(20)24-11-15(19)17-10-13-6-5-9-23-13/h2-9,12,18H,10-11H2,1H3,(H,17,19). The Morgan fingerprint density at radius 3 is 2.52 bits per heavy atom. The lowest BCUT2D eigenvalue weighted by atomic mass is 10.4. The highest BCUT2D eigenvalue weighted by Crippen LogP contribution is 2.08. The Balaban J connectivity index is 1.79. The van der Waals surface area contributed by atoms with Crippen molar-refractivity contribution < 1.29 is 27.2 Å². The summed E-state index contributed by atoms with van der Waals surface area (Å²) in [6, 6.07) is 9.86. The fourth-order valence-electron chi connectivity index (χ4n) is 1.86. The minimum absolute atomic E-state index is 0.0332. The van der Waals surface area contributed by atoms with Crippen LogP contribution in [0, 0.1) is 0 Å². The number of esters is 1. The van der Waals surface area contributed by atoms with Gasteiger partial charge in [0.15, 0.2) is 6.61 Å². The van der Waals surface area contributed by atoms with E-state index in [1.54, 1.807) is 30.3 Å². The minimum atomic E-state index is -3.85. The monoisotopic (exact) mass is 366 g/mol. The molecule has 1 amide bonds. The van der Waals surface area contributed by atoms with Crippen molar-refractivity contribution in [3.63, 3.8) is 0 Å². The SMILES string of the molecule is CC(NS(=O)(=O)c1ccccc1)C(=O)OCC(=O)NCc1ccco1. The molecule has 1 aromatic carbocycles.